The molecule has 0 aliphatic rings. The summed E-state index contributed by atoms with van der Waals surface area (Å²) in [6.45, 7) is 0.650. The van der Waals surface area contributed by atoms with E-state index in [1.165, 1.54) is 31.2 Å². The molecule has 0 amide bonds. The molecule has 0 saturated carbocycles. The Morgan fingerprint density at radius 2 is 1.85 bits per heavy atom. The Balaban J connectivity index is 3.30. The third-order valence-corrected chi connectivity index (χ3v) is 4.04. The first-order valence-corrected chi connectivity index (χ1v) is 6.88. The van der Waals surface area contributed by atoms with E-state index in [1.54, 1.807) is 0 Å². The molecule has 0 unspecified atom stereocenters. The van der Waals surface area contributed by atoms with E-state index in [1.807, 2.05) is 0 Å². The topological polar surface area (TPSA) is 74.7 Å². The number of carboxylic acids is 1. The predicted octanol–water partition coefficient (Wildman–Crippen LogP) is 2.13. The molecule has 0 heterocycles. The fourth-order valence-corrected chi connectivity index (χ4v) is 2.58. The Morgan fingerprint density at radius 3 is 2.30 bits per heavy atom. The summed E-state index contributed by atoms with van der Waals surface area (Å²) in [6.07, 6.45) is -0.732. The van der Waals surface area contributed by atoms with Gasteiger partial charge in [-0.15, -0.1) is 0 Å². The average molecular weight is 311 g/mol. The number of halogens is 3. The number of aliphatic carboxylic acids is 1. The second-order valence-corrected chi connectivity index (χ2v) is 5.81. The van der Waals surface area contributed by atoms with Gasteiger partial charge >= 0.3 is 21.5 Å². The molecule has 1 N–H and O–H groups in total. The van der Waals surface area contributed by atoms with Crippen LogP contribution in [0.5, 0.6) is 0 Å². The van der Waals surface area contributed by atoms with Crippen LogP contribution in [0, 0.1) is 6.92 Å². The number of alkyl halides is 3. The van der Waals surface area contributed by atoms with Crippen LogP contribution in [-0.2, 0) is 14.8 Å². The van der Waals surface area contributed by atoms with Gasteiger partial charge in [-0.05, 0) is 18.6 Å². The van der Waals surface area contributed by atoms with E-state index >= 15 is 0 Å². The van der Waals surface area contributed by atoms with E-state index in [0.29, 0.717) is 5.56 Å². The van der Waals surface area contributed by atoms with Crippen LogP contribution < -0.4 is 4.31 Å². The zero-order valence-electron chi connectivity index (χ0n) is 10.4. The van der Waals surface area contributed by atoms with Gasteiger partial charge in [0.1, 0.15) is 0 Å². The van der Waals surface area contributed by atoms with E-state index in [2.05, 4.69) is 0 Å². The van der Waals surface area contributed by atoms with Crippen LogP contribution in [0.4, 0.5) is 18.9 Å². The summed E-state index contributed by atoms with van der Waals surface area (Å²) in [7, 11) is -5.64. The molecule has 5 nitrogen and oxygen atoms in total. The molecular weight excluding hydrogens is 299 g/mol. The molecule has 1 rings (SSSR count). The minimum atomic E-state index is -5.64. The minimum Gasteiger partial charge on any atom is -0.481 e. The zero-order chi connectivity index (χ0) is 15.6. The summed E-state index contributed by atoms with van der Waals surface area (Å²) < 4.78 is 61.1. The fraction of sp³-hybridized carbons (Fsp3) is 0.364. The molecule has 9 heteroatoms. The number of nitrogens with zero attached hydrogens (tertiary/aromatic N) is 1. The summed E-state index contributed by atoms with van der Waals surface area (Å²) in [5.74, 6) is -1.39. The second-order valence-electron chi connectivity index (χ2n) is 3.95. The van der Waals surface area contributed by atoms with E-state index in [-0.39, 0.29) is 9.99 Å². The van der Waals surface area contributed by atoms with Gasteiger partial charge in [-0.25, -0.2) is 0 Å². The molecule has 0 radical (unpaired) electrons. The molecule has 20 heavy (non-hydrogen) atoms. The number of para-hydroxylation sites is 1. The van der Waals surface area contributed by atoms with E-state index in [4.69, 9.17) is 5.11 Å². The average Bonchev–Trinajstić information content (AvgIpc) is 2.29. The van der Waals surface area contributed by atoms with Gasteiger partial charge < -0.3 is 5.11 Å². The number of hydrogen-bond donors (Lipinski definition) is 1. The van der Waals surface area contributed by atoms with Gasteiger partial charge in [0.25, 0.3) is 0 Å². The van der Waals surface area contributed by atoms with Crippen molar-refractivity contribution >= 4 is 21.7 Å². The first-order valence-electron chi connectivity index (χ1n) is 5.44. The summed E-state index contributed by atoms with van der Waals surface area (Å²) in [5, 5.41) is 8.54. The highest BCUT2D eigenvalue weighted by Crippen LogP contribution is 2.32. The van der Waals surface area contributed by atoms with Gasteiger partial charge in [-0.3, -0.25) is 9.10 Å². The Bertz CT molecular complexity index is 598. The van der Waals surface area contributed by atoms with Crippen molar-refractivity contribution < 1.29 is 31.5 Å². The van der Waals surface area contributed by atoms with Crippen molar-refractivity contribution in [2.75, 3.05) is 10.8 Å². The summed E-state index contributed by atoms with van der Waals surface area (Å²) in [4.78, 5) is 10.5. The summed E-state index contributed by atoms with van der Waals surface area (Å²) in [5.41, 5.74) is -5.38. The van der Waals surface area contributed by atoms with Gasteiger partial charge in [0.05, 0.1) is 12.1 Å². The second kappa shape index (κ2) is 5.70. The molecule has 0 aliphatic carbocycles. The Morgan fingerprint density at radius 1 is 1.30 bits per heavy atom. The third kappa shape index (κ3) is 3.41. The number of aryl methyl sites for hydroxylation is 1. The molecule has 0 fully saturated rings. The molecule has 1 aromatic carbocycles. The maximum atomic E-state index is 12.6. The molecular formula is C11H12F3NO4S. The SMILES string of the molecule is Cc1ccccc1N(CCC(=O)O)S(=O)(=O)C(F)(F)F. The van der Waals surface area contributed by atoms with Crippen LogP contribution in [0.25, 0.3) is 0 Å². The number of hydrogen-bond acceptors (Lipinski definition) is 3. The Kier molecular flexibility index (Phi) is 4.64. The maximum Gasteiger partial charge on any atom is 0.516 e. The zero-order valence-corrected chi connectivity index (χ0v) is 11.2. The Hall–Kier alpha value is -1.77. The number of anilines is 1. The van der Waals surface area contributed by atoms with Crippen molar-refractivity contribution in [1.82, 2.24) is 0 Å². The smallest absolute Gasteiger partial charge is 0.481 e. The highest BCUT2D eigenvalue weighted by molar-refractivity contribution is 7.93. The molecule has 0 aliphatic heterocycles. The lowest BCUT2D eigenvalue weighted by Crippen LogP contribution is -2.42. The number of carboxylic acid groups (broad SMARTS) is 1. The number of rotatable bonds is 5. The number of benzene rings is 1. The monoisotopic (exact) mass is 311 g/mol. The van der Waals surface area contributed by atoms with E-state index < -0.39 is 34.5 Å². The van der Waals surface area contributed by atoms with Crippen LogP contribution in [0.3, 0.4) is 0 Å². The fourth-order valence-electron chi connectivity index (χ4n) is 1.54. The van der Waals surface area contributed by atoms with Crippen molar-refractivity contribution in [3.63, 3.8) is 0 Å². The lowest BCUT2D eigenvalue weighted by Gasteiger charge is -2.26. The van der Waals surface area contributed by atoms with Crippen LogP contribution in [0.15, 0.2) is 24.3 Å². The third-order valence-electron chi connectivity index (χ3n) is 2.50. The molecule has 1 aromatic rings. The lowest BCUT2D eigenvalue weighted by molar-refractivity contribution is -0.136. The first-order chi connectivity index (χ1) is 9.07. The van der Waals surface area contributed by atoms with Gasteiger partial charge in [0, 0.05) is 6.54 Å². The van der Waals surface area contributed by atoms with Crippen LogP contribution >= 0.6 is 0 Å². The van der Waals surface area contributed by atoms with Crippen molar-refractivity contribution in [1.29, 1.82) is 0 Å². The molecule has 0 spiro atoms. The van der Waals surface area contributed by atoms with Gasteiger partial charge in [-0.1, -0.05) is 18.2 Å². The Labute approximate surface area is 113 Å². The molecule has 0 aromatic heterocycles. The van der Waals surface area contributed by atoms with Crippen molar-refractivity contribution in [3.8, 4) is 0 Å². The standard InChI is InChI=1S/C11H12F3NO4S/c1-8-4-2-3-5-9(8)15(7-6-10(16)17)20(18,19)11(12,13)14/h2-5H,6-7H2,1H3,(H,16,17). The predicted molar refractivity (Wildman–Crippen MR) is 65.8 cm³/mol. The molecule has 0 saturated heterocycles. The van der Waals surface area contributed by atoms with Crippen molar-refractivity contribution in [3.05, 3.63) is 29.8 Å². The van der Waals surface area contributed by atoms with Crippen LogP contribution in [-0.4, -0.2) is 31.5 Å². The van der Waals surface area contributed by atoms with Gasteiger partial charge in [0.15, 0.2) is 0 Å². The quantitative estimate of drug-likeness (QED) is 0.904. The number of sulfonamides is 1. The maximum absolute atomic E-state index is 12.6. The number of carbonyl (C=O) groups is 1. The van der Waals surface area contributed by atoms with Crippen molar-refractivity contribution in [2.24, 2.45) is 0 Å². The molecule has 0 atom stereocenters. The van der Waals surface area contributed by atoms with Crippen molar-refractivity contribution in [2.45, 2.75) is 18.9 Å². The largest absolute Gasteiger partial charge is 0.516 e. The van der Waals surface area contributed by atoms with E-state index in [9.17, 15) is 26.4 Å². The van der Waals surface area contributed by atoms with Crippen LogP contribution in [0.2, 0.25) is 0 Å². The van der Waals surface area contributed by atoms with Gasteiger partial charge in [0.2, 0.25) is 0 Å². The van der Waals surface area contributed by atoms with Crippen LogP contribution in [0.1, 0.15) is 12.0 Å². The van der Waals surface area contributed by atoms with Gasteiger partial charge in [-0.2, -0.15) is 21.6 Å². The summed E-state index contributed by atoms with van der Waals surface area (Å²) >= 11 is 0. The lowest BCUT2D eigenvalue weighted by atomic mass is 10.2. The highest BCUT2D eigenvalue weighted by atomic mass is 32.2. The molecule has 112 valence electrons. The molecule has 0 bridgehead atoms. The first kappa shape index (κ1) is 16.3. The minimum absolute atomic E-state index is 0.0798. The normalized spacial score (nSPS) is 12.2. The summed E-state index contributed by atoms with van der Waals surface area (Å²) in [6, 6.07) is 5.55. The van der Waals surface area contributed by atoms with E-state index in [0.717, 1.165) is 0 Å². The highest BCUT2D eigenvalue weighted by Gasteiger charge is 2.50.